The molecule has 3 atom stereocenters. The molecule has 1 aliphatic heterocycles. The van der Waals surface area contributed by atoms with Gasteiger partial charge >= 0.3 is 0 Å². The Morgan fingerprint density at radius 3 is 2.11 bits per heavy atom. The van der Waals surface area contributed by atoms with Crippen LogP contribution < -0.4 is 5.73 Å². The summed E-state index contributed by atoms with van der Waals surface area (Å²) in [5.74, 6) is 1.37. The maximum atomic E-state index is 10.4. The van der Waals surface area contributed by atoms with Crippen LogP contribution in [0, 0.1) is 33.5 Å². The molecule has 1 aromatic carbocycles. The molecule has 0 radical (unpaired) electrons. The zero-order valence-electron chi connectivity index (χ0n) is 15.1. The second-order valence-electron chi connectivity index (χ2n) is 6.68. The van der Waals surface area contributed by atoms with Crippen LogP contribution in [0.1, 0.15) is 38.2 Å². The summed E-state index contributed by atoms with van der Waals surface area (Å²) in [7, 11) is 0. The van der Waals surface area contributed by atoms with Crippen LogP contribution in [-0.4, -0.2) is 21.5 Å². The fourth-order valence-corrected chi connectivity index (χ4v) is 7.90. The number of nitrogens with two attached hydrogens (primary N) is 1. The smallest absolute Gasteiger partial charge is 0.175 e. The zero-order valence-corrected chi connectivity index (χ0v) is 18.3. The molecule has 1 fully saturated rings. The van der Waals surface area contributed by atoms with E-state index in [0.717, 1.165) is 24.3 Å². The topological polar surface area (TPSA) is 86.0 Å². The molecular weight excluding hydrogens is 419 g/mol. The quantitative estimate of drug-likeness (QED) is 0.573. The Morgan fingerprint density at radius 2 is 1.67 bits per heavy atom. The Balaban J connectivity index is 2.23. The third-order valence-electron chi connectivity index (χ3n) is 5.22. The van der Waals surface area contributed by atoms with Crippen molar-refractivity contribution in [3.05, 3.63) is 33.8 Å². The summed E-state index contributed by atoms with van der Waals surface area (Å²) in [5, 5.41) is 21.5. The molecule has 1 saturated carbocycles. The summed E-state index contributed by atoms with van der Waals surface area (Å²) in [5.41, 5.74) is 4.68. The van der Waals surface area contributed by atoms with E-state index >= 15 is 0 Å². The number of amidine groups is 1. The summed E-state index contributed by atoms with van der Waals surface area (Å²) in [6, 6.07) is 10.0. The molecule has 1 aromatic rings. The minimum Gasteiger partial charge on any atom is -0.386 e. The van der Waals surface area contributed by atoms with Crippen molar-refractivity contribution in [3.63, 3.8) is 0 Å². The minimum absolute atomic E-state index is 0.222. The van der Waals surface area contributed by atoms with Crippen molar-refractivity contribution in [3.8, 4) is 12.1 Å². The largest absolute Gasteiger partial charge is 0.386 e. The van der Waals surface area contributed by atoms with Gasteiger partial charge in [-0.15, -0.1) is 23.5 Å². The second-order valence-corrected chi connectivity index (χ2v) is 10.3. The predicted octanol–water partition coefficient (Wildman–Crippen LogP) is 5.42. The van der Waals surface area contributed by atoms with E-state index in [1.54, 1.807) is 41.7 Å². The van der Waals surface area contributed by atoms with Gasteiger partial charge in [-0.3, -0.25) is 0 Å². The van der Waals surface area contributed by atoms with Crippen LogP contribution >= 0.6 is 46.7 Å². The average molecular weight is 439 g/mol. The molecule has 4 nitrogen and oxygen atoms in total. The van der Waals surface area contributed by atoms with E-state index in [1.807, 2.05) is 0 Å². The Kier molecular flexibility index (Phi) is 5.67. The third kappa shape index (κ3) is 2.54. The summed E-state index contributed by atoms with van der Waals surface area (Å²) in [6.07, 6.45) is 1.88. The molecule has 0 aromatic heterocycles. The van der Waals surface area contributed by atoms with E-state index in [-0.39, 0.29) is 5.84 Å². The van der Waals surface area contributed by atoms with Crippen molar-refractivity contribution < 1.29 is 0 Å². The molecule has 3 rings (SSSR count). The van der Waals surface area contributed by atoms with Crippen molar-refractivity contribution in [1.82, 2.24) is 0 Å². The highest BCUT2D eigenvalue weighted by Gasteiger charge is 2.92. The lowest BCUT2D eigenvalue weighted by atomic mass is 9.97. The highest BCUT2D eigenvalue weighted by Crippen LogP contribution is 2.86. The van der Waals surface area contributed by atoms with Gasteiger partial charge in [0.25, 0.3) is 0 Å². The first-order valence-electron chi connectivity index (χ1n) is 8.82. The van der Waals surface area contributed by atoms with Gasteiger partial charge in [-0.05, 0) is 42.0 Å². The molecule has 2 N–H and O–H groups in total. The number of rotatable bonds is 7. The molecular formula is C19H20Cl2N4S2. The molecule has 0 saturated heterocycles. The lowest BCUT2D eigenvalue weighted by Crippen LogP contribution is -2.32. The highest BCUT2D eigenvalue weighted by atomic mass is 35.5. The van der Waals surface area contributed by atoms with Crippen LogP contribution in [0.2, 0.25) is 10.0 Å². The monoisotopic (exact) mass is 438 g/mol. The molecule has 1 aliphatic carbocycles. The van der Waals surface area contributed by atoms with Gasteiger partial charge in [-0.1, -0.05) is 43.1 Å². The van der Waals surface area contributed by atoms with Gasteiger partial charge in [0.05, 0.1) is 12.1 Å². The fourth-order valence-electron chi connectivity index (χ4n) is 4.06. The van der Waals surface area contributed by atoms with Crippen LogP contribution in [-0.2, 0) is 0 Å². The number of hydrogen-bond donors (Lipinski definition) is 1. The van der Waals surface area contributed by atoms with Crippen LogP contribution in [0.15, 0.2) is 23.2 Å². The van der Waals surface area contributed by atoms with Gasteiger partial charge in [0.1, 0.15) is 16.7 Å². The second kappa shape index (κ2) is 7.41. The third-order valence-corrected chi connectivity index (χ3v) is 9.42. The molecule has 8 heteroatoms. The number of hydrogen-bond acceptors (Lipinski definition) is 6. The number of aliphatic imine (C=N–C) groups is 1. The SMILES string of the molecule is CCCSC1(SCCC)N=C(N)C2(C#N)C(c3c(Cl)cccc3Cl)C12C#N. The number of nitrogens with zero attached hydrogens (tertiary/aromatic N) is 3. The number of thioether (sulfide) groups is 2. The van der Waals surface area contributed by atoms with Gasteiger partial charge in [0, 0.05) is 16.0 Å². The summed E-state index contributed by atoms with van der Waals surface area (Å²) in [6.45, 7) is 4.16. The van der Waals surface area contributed by atoms with Crippen LogP contribution in [0.5, 0.6) is 0 Å². The van der Waals surface area contributed by atoms with Crippen molar-refractivity contribution in [2.45, 2.75) is 36.8 Å². The van der Waals surface area contributed by atoms with Crippen molar-refractivity contribution in [1.29, 1.82) is 10.5 Å². The van der Waals surface area contributed by atoms with Gasteiger partial charge in [0.15, 0.2) is 4.20 Å². The first-order chi connectivity index (χ1) is 12.9. The molecule has 2 aliphatic rings. The van der Waals surface area contributed by atoms with Crippen molar-refractivity contribution >= 4 is 52.6 Å². The summed E-state index contributed by atoms with van der Waals surface area (Å²) >= 11 is 16.1. The van der Waals surface area contributed by atoms with E-state index in [0.29, 0.717) is 15.6 Å². The highest BCUT2D eigenvalue weighted by molar-refractivity contribution is 8.18. The van der Waals surface area contributed by atoms with Crippen molar-refractivity contribution in [2.24, 2.45) is 21.6 Å². The maximum absolute atomic E-state index is 10.4. The van der Waals surface area contributed by atoms with Crippen LogP contribution in [0.4, 0.5) is 0 Å². The maximum Gasteiger partial charge on any atom is 0.175 e. The standard InChI is InChI=1S/C19H20Cl2N4S2/c1-3-8-26-19(27-9-4-2)18(11-23)15(17(18,10-22)16(24)25-19)14-12(20)6-5-7-13(14)21/h5-7,15H,3-4,8-9H2,1-2H3,(H2,24,25). The Hall–Kier alpha value is -1.05. The summed E-state index contributed by atoms with van der Waals surface area (Å²) in [4.78, 5) is 4.74. The Labute approximate surface area is 178 Å². The molecule has 3 unspecified atom stereocenters. The van der Waals surface area contributed by atoms with Gasteiger partial charge in [-0.2, -0.15) is 10.5 Å². The lowest BCUT2D eigenvalue weighted by molar-refractivity contribution is 0.563. The minimum atomic E-state index is -1.20. The molecule has 27 heavy (non-hydrogen) atoms. The molecule has 0 bridgehead atoms. The van der Waals surface area contributed by atoms with Crippen LogP contribution in [0.25, 0.3) is 0 Å². The van der Waals surface area contributed by atoms with E-state index in [1.165, 1.54) is 0 Å². The Morgan fingerprint density at radius 1 is 1.11 bits per heavy atom. The average Bonchev–Trinajstić information content (AvgIpc) is 3.21. The Bertz CT molecular complexity index is 847. The van der Waals surface area contributed by atoms with Gasteiger partial charge in [0.2, 0.25) is 0 Å². The molecule has 0 amide bonds. The van der Waals surface area contributed by atoms with Crippen molar-refractivity contribution in [2.75, 3.05) is 11.5 Å². The number of halogens is 2. The van der Waals surface area contributed by atoms with E-state index < -0.39 is 21.0 Å². The van der Waals surface area contributed by atoms with Crippen LogP contribution in [0.3, 0.4) is 0 Å². The first-order valence-corrected chi connectivity index (χ1v) is 11.5. The van der Waals surface area contributed by atoms with Gasteiger partial charge < -0.3 is 5.73 Å². The van der Waals surface area contributed by atoms with E-state index in [9.17, 15) is 10.5 Å². The summed E-state index contributed by atoms with van der Waals surface area (Å²) < 4.78 is -0.833. The van der Waals surface area contributed by atoms with Gasteiger partial charge in [-0.25, -0.2) is 4.99 Å². The first kappa shape index (κ1) is 20.7. The molecule has 0 spiro atoms. The van der Waals surface area contributed by atoms with E-state index in [4.69, 9.17) is 33.9 Å². The molecule has 1 heterocycles. The normalized spacial score (nSPS) is 30.1. The molecule has 142 valence electrons. The fraction of sp³-hybridized carbons (Fsp3) is 0.526. The number of fused-ring (bicyclic) bond motifs is 1. The zero-order chi connectivity index (χ0) is 19.9. The number of nitriles is 2. The predicted molar refractivity (Wildman–Crippen MR) is 115 cm³/mol. The number of benzene rings is 1. The van der Waals surface area contributed by atoms with E-state index in [2.05, 4.69) is 26.0 Å². The lowest BCUT2D eigenvalue weighted by Gasteiger charge is -2.32.